The molecule has 156 valence electrons. The number of esters is 1. The Morgan fingerprint density at radius 3 is 1.86 bits per heavy atom. The van der Waals surface area contributed by atoms with E-state index in [1.807, 2.05) is 24.3 Å². The molecule has 0 aliphatic heterocycles. The van der Waals surface area contributed by atoms with Crippen molar-refractivity contribution in [2.75, 3.05) is 7.11 Å². The van der Waals surface area contributed by atoms with Gasteiger partial charge in [0.25, 0.3) is 0 Å². The van der Waals surface area contributed by atoms with Gasteiger partial charge in [0.2, 0.25) is 0 Å². The molecule has 0 aromatic heterocycles. The summed E-state index contributed by atoms with van der Waals surface area (Å²) in [6.07, 6.45) is 7.03. The van der Waals surface area contributed by atoms with E-state index >= 15 is 0 Å². The van der Waals surface area contributed by atoms with Crippen LogP contribution in [0.2, 0.25) is 13.3 Å². The van der Waals surface area contributed by atoms with Gasteiger partial charge in [-0.15, -0.1) is 0 Å². The van der Waals surface area contributed by atoms with Crippen LogP contribution in [-0.4, -0.2) is 31.5 Å². The van der Waals surface area contributed by atoms with Gasteiger partial charge in [0.15, 0.2) is 0 Å². The third-order valence-electron chi connectivity index (χ3n) is 5.20. The van der Waals surface area contributed by atoms with Crippen LogP contribution in [0.15, 0.2) is 24.3 Å². The zero-order chi connectivity index (χ0) is 20.8. The van der Waals surface area contributed by atoms with Gasteiger partial charge in [-0.25, -0.2) is 0 Å². The molecule has 1 rings (SSSR count). The van der Waals surface area contributed by atoms with Gasteiger partial charge in [-0.05, 0) is 0 Å². The third kappa shape index (κ3) is 8.90. The van der Waals surface area contributed by atoms with Gasteiger partial charge in [0.1, 0.15) is 0 Å². The second-order valence-electron chi connectivity index (χ2n) is 7.62. The third-order valence-corrected chi connectivity index (χ3v) is 18.3. The summed E-state index contributed by atoms with van der Waals surface area (Å²) in [6, 6.07) is 7.69. The summed E-state index contributed by atoms with van der Waals surface area (Å²) in [6.45, 7) is 8.26. The van der Waals surface area contributed by atoms with E-state index in [4.69, 9.17) is 9.47 Å². The fraction of sp³-hybridized carbons (Fsp3) is 0.625. The zero-order valence-electron chi connectivity index (χ0n) is 18.5. The minimum atomic E-state index is -2.58. The molecule has 0 amide bonds. The van der Waals surface area contributed by atoms with E-state index in [0.29, 0.717) is 0 Å². The van der Waals surface area contributed by atoms with Gasteiger partial charge >= 0.3 is 177 Å². The van der Waals surface area contributed by atoms with Crippen LogP contribution in [0.4, 0.5) is 0 Å². The van der Waals surface area contributed by atoms with Crippen molar-refractivity contribution in [1.82, 2.24) is 0 Å². The van der Waals surface area contributed by atoms with Crippen molar-refractivity contribution in [3.8, 4) is 15.6 Å². The summed E-state index contributed by atoms with van der Waals surface area (Å²) in [4.78, 5) is 11.7. The Bertz CT molecular complexity index is 606. The molecule has 0 bridgehead atoms. The van der Waals surface area contributed by atoms with Crippen LogP contribution in [0.1, 0.15) is 77.9 Å². The molecule has 0 radical (unpaired) electrons. The number of ether oxygens (including phenoxy) is 2. The average Bonchev–Trinajstić information content (AvgIpc) is 2.71. The van der Waals surface area contributed by atoms with Crippen molar-refractivity contribution in [3.05, 3.63) is 29.8 Å². The number of hydrogen-bond acceptors (Lipinski definition) is 3. The quantitative estimate of drug-likeness (QED) is 0.185. The Morgan fingerprint density at radius 2 is 1.46 bits per heavy atom. The van der Waals surface area contributed by atoms with Crippen LogP contribution in [0.25, 0.3) is 0 Å². The second-order valence-corrected chi connectivity index (χ2v) is 19.9. The molecule has 0 heterocycles. The van der Waals surface area contributed by atoms with Crippen LogP contribution in [0, 0.1) is 9.86 Å². The number of benzene rings is 1. The minimum absolute atomic E-state index is 0.286. The summed E-state index contributed by atoms with van der Waals surface area (Å²) in [5.41, 5.74) is 0.921. The molecule has 4 heteroatoms. The van der Waals surface area contributed by atoms with Crippen molar-refractivity contribution in [2.45, 2.75) is 85.6 Å². The molecule has 0 spiro atoms. The van der Waals surface area contributed by atoms with Crippen LogP contribution in [0.5, 0.6) is 5.75 Å². The maximum absolute atomic E-state index is 11.7. The van der Waals surface area contributed by atoms with E-state index in [9.17, 15) is 4.79 Å². The van der Waals surface area contributed by atoms with E-state index in [1.165, 1.54) is 58.8 Å². The fourth-order valence-electron chi connectivity index (χ4n) is 3.45. The van der Waals surface area contributed by atoms with Gasteiger partial charge in [0.05, 0.1) is 0 Å². The standard InChI is InChI=1S/C12H11O3.3C4H9.Sn/c1-4-12(15-9(2)13)10-5-7-11(14-3)8-6-10;3*1-3-4-2;/h5-8,12H,2-3H3;3*1,3-4H2,2H3;. The van der Waals surface area contributed by atoms with Gasteiger partial charge in [-0.2, -0.15) is 0 Å². The van der Waals surface area contributed by atoms with Gasteiger partial charge < -0.3 is 0 Å². The molecular weight excluding hydrogens is 455 g/mol. The average molecular weight is 493 g/mol. The Balaban J connectivity index is 3.21. The Morgan fingerprint density at radius 1 is 0.964 bits per heavy atom. The fourth-order valence-corrected chi connectivity index (χ4v) is 16.7. The topological polar surface area (TPSA) is 35.5 Å². The van der Waals surface area contributed by atoms with Crippen molar-refractivity contribution < 1.29 is 14.3 Å². The van der Waals surface area contributed by atoms with Crippen LogP contribution in [-0.2, 0) is 9.53 Å². The van der Waals surface area contributed by atoms with E-state index in [0.717, 1.165) is 11.3 Å². The van der Waals surface area contributed by atoms with E-state index < -0.39 is 24.5 Å². The number of methoxy groups -OCH3 is 1. The summed E-state index contributed by atoms with van der Waals surface area (Å²) < 4.78 is 18.6. The van der Waals surface area contributed by atoms with E-state index in [2.05, 4.69) is 30.6 Å². The summed E-state index contributed by atoms with van der Waals surface area (Å²) in [5.74, 6) is 3.94. The number of hydrogen-bond donors (Lipinski definition) is 0. The number of rotatable bonds is 12. The monoisotopic (exact) mass is 494 g/mol. The number of carbonyl (C=O) groups excluding carboxylic acids is 1. The molecule has 0 saturated heterocycles. The molecule has 3 nitrogen and oxygen atoms in total. The SMILES string of the molecule is CCC[CH2][Sn]([C]#CC(OC(C)=O)c1ccc(OC)cc1)([CH2]CCC)[CH2]CCC. The first-order chi connectivity index (χ1) is 13.5. The number of unbranched alkanes of at least 4 members (excludes halogenated alkanes) is 3. The Kier molecular flexibility index (Phi) is 12.4. The molecule has 0 saturated carbocycles. The predicted molar refractivity (Wildman–Crippen MR) is 120 cm³/mol. The van der Waals surface area contributed by atoms with Gasteiger partial charge in [-0.1, -0.05) is 0 Å². The first-order valence-corrected chi connectivity index (χ1v) is 18.3. The molecule has 1 atom stereocenters. The molecule has 0 aliphatic rings. The van der Waals surface area contributed by atoms with Crippen LogP contribution < -0.4 is 4.74 Å². The first kappa shape index (κ1) is 24.9. The van der Waals surface area contributed by atoms with Crippen molar-refractivity contribution in [2.24, 2.45) is 0 Å². The van der Waals surface area contributed by atoms with Crippen LogP contribution >= 0.6 is 0 Å². The predicted octanol–water partition coefficient (Wildman–Crippen LogP) is 6.69. The van der Waals surface area contributed by atoms with Crippen molar-refractivity contribution in [3.63, 3.8) is 0 Å². The molecule has 0 fully saturated rings. The summed E-state index contributed by atoms with van der Waals surface area (Å²) in [5, 5.41) is 0. The van der Waals surface area contributed by atoms with Gasteiger partial charge in [-0.3, -0.25) is 0 Å². The molecule has 1 aromatic rings. The van der Waals surface area contributed by atoms with Crippen LogP contribution in [0.3, 0.4) is 0 Å². The van der Waals surface area contributed by atoms with Crippen molar-refractivity contribution >= 4 is 24.3 Å². The zero-order valence-corrected chi connectivity index (χ0v) is 21.3. The number of carbonyl (C=O) groups is 1. The Hall–Kier alpha value is -1.15. The summed E-state index contributed by atoms with van der Waals surface area (Å²) >= 11 is -2.58. The molecule has 1 aromatic carbocycles. The molecule has 28 heavy (non-hydrogen) atoms. The van der Waals surface area contributed by atoms with Gasteiger partial charge in [0, 0.05) is 0 Å². The first-order valence-electron chi connectivity index (χ1n) is 10.8. The van der Waals surface area contributed by atoms with E-state index in [-0.39, 0.29) is 5.97 Å². The molecule has 0 aliphatic carbocycles. The molecule has 0 N–H and O–H groups in total. The maximum atomic E-state index is 11.7. The molecule has 1 unspecified atom stereocenters. The van der Waals surface area contributed by atoms with Crippen molar-refractivity contribution in [1.29, 1.82) is 0 Å². The molecular formula is C24H38O3Sn. The second kappa shape index (κ2) is 13.9. The normalized spacial score (nSPS) is 12.0. The van der Waals surface area contributed by atoms with E-state index in [1.54, 1.807) is 7.11 Å². The Labute approximate surface area is 176 Å². The summed E-state index contributed by atoms with van der Waals surface area (Å²) in [7, 11) is 1.65.